The van der Waals surface area contributed by atoms with Crippen molar-refractivity contribution in [2.75, 3.05) is 12.4 Å². The lowest BCUT2D eigenvalue weighted by atomic mass is 10.2. The fourth-order valence-corrected chi connectivity index (χ4v) is 2.32. The monoisotopic (exact) mass is 353 g/mol. The van der Waals surface area contributed by atoms with Gasteiger partial charge in [0.15, 0.2) is 5.96 Å². The van der Waals surface area contributed by atoms with Crippen molar-refractivity contribution in [2.45, 2.75) is 33.0 Å². The Morgan fingerprint density at radius 2 is 1.50 bits per heavy atom. The number of hydrogen-bond donors (Lipinski definition) is 4. The molecule has 138 valence electrons. The molecule has 2 aromatic rings. The summed E-state index contributed by atoms with van der Waals surface area (Å²) in [5.41, 5.74) is 3.06. The number of anilines is 1. The molecule has 0 unspecified atom stereocenters. The maximum atomic E-state index is 11.7. The molecule has 4 N–H and O–H groups in total. The summed E-state index contributed by atoms with van der Waals surface area (Å²) in [4.78, 5) is 15.9. The molecule has 0 bridgehead atoms. The highest BCUT2D eigenvalue weighted by molar-refractivity contribution is 5.89. The van der Waals surface area contributed by atoms with Crippen LogP contribution in [0.3, 0.4) is 0 Å². The molecular formula is C20H27N5O. The van der Waals surface area contributed by atoms with Crippen LogP contribution in [0.25, 0.3) is 0 Å². The second-order valence-electron chi connectivity index (χ2n) is 6.22. The molecule has 26 heavy (non-hydrogen) atoms. The van der Waals surface area contributed by atoms with Gasteiger partial charge < -0.3 is 21.3 Å². The molecule has 0 saturated carbocycles. The zero-order valence-corrected chi connectivity index (χ0v) is 15.5. The molecule has 0 saturated heterocycles. The Morgan fingerprint density at radius 1 is 0.923 bits per heavy atom. The first-order chi connectivity index (χ1) is 12.6. The number of guanidine groups is 1. The molecule has 2 rings (SSSR count). The van der Waals surface area contributed by atoms with Gasteiger partial charge in [-0.3, -0.25) is 4.99 Å². The van der Waals surface area contributed by atoms with E-state index < -0.39 is 0 Å². The van der Waals surface area contributed by atoms with Crippen LogP contribution >= 0.6 is 0 Å². The molecule has 0 aromatic heterocycles. The van der Waals surface area contributed by atoms with E-state index in [1.54, 1.807) is 7.05 Å². The maximum absolute atomic E-state index is 11.7. The highest BCUT2D eigenvalue weighted by atomic mass is 16.2. The number of amides is 2. The summed E-state index contributed by atoms with van der Waals surface area (Å²) in [7, 11) is 1.75. The Bertz CT molecular complexity index is 711. The molecule has 0 radical (unpaired) electrons. The molecule has 0 atom stereocenters. The van der Waals surface area contributed by atoms with Crippen LogP contribution in [0.15, 0.2) is 59.6 Å². The topological polar surface area (TPSA) is 77.6 Å². The first kappa shape index (κ1) is 19.3. The molecule has 0 aliphatic rings. The lowest BCUT2D eigenvalue weighted by Gasteiger charge is -2.13. The molecule has 0 aliphatic heterocycles. The summed E-state index contributed by atoms with van der Waals surface area (Å²) in [6, 6.07) is 17.8. The zero-order chi connectivity index (χ0) is 18.8. The first-order valence-corrected chi connectivity index (χ1v) is 8.71. The summed E-state index contributed by atoms with van der Waals surface area (Å²) < 4.78 is 0. The van der Waals surface area contributed by atoms with Crippen molar-refractivity contribution in [3.8, 4) is 0 Å². The van der Waals surface area contributed by atoms with Gasteiger partial charge >= 0.3 is 6.03 Å². The number of hydrogen-bond acceptors (Lipinski definition) is 2. The third-order valence-corrected chi connectivity index (χ3v) is 3.62. The van der Waals surface area contributed by atoms with Crippen molar-refractivity contribution in [1.82, 2.24) is 16.0 Å². The lowest BCUT2D eigenvalue weighted by Crippen LogP contribution is -2.36. The van der Waals surface area contributed by atoms with E-state index in [1.807, 2.05) is 56.3 Å². The van der Waals surface area contributed by atoms with Crippen molar-refractivity contribution < 1.29 is 4.79 Å². The van der Waals surface area contributed by atoms with Crippen LogP contribution < -0.4 is 21.3 Å². The first-order valence-electron chi connectivity index (χ1n) is 8.71. The van der Waals surface area contributed by atoms with Gasteiger partial charge in [0.1, 0.15) is 0 Å². The Hall–Kier alpha value is -3.02. The average Bonchev–Trinajstić information content (AvgIpc) is 2.63. The Kier molecular flexibility index (Phi) is 7.49. The van der Waals surface area contributed by atoms with E-state index in [0.717, 1.165) is 17.2 Å². The molecule has 2 amide bonds. The molecule has 6 heteroatoms. The van der Waals surface area contributed by atoms with Gasteiger partial charge in [0.25, 0.3) is 0 Å². The number of urea groups is 1. The number of carbonyl (C=O) groups is 1. The quantitative estimate of drug-likeness (QED) is 0.476. The fourth-order valence-electron chi connectivity index (χ4n) is 2.32. The van der Waals surface area contributed by atoms with E-state index in [-0.39, 0.29) is 12.1 Å². The molecule has 2 aromatic carbocycles. The maximum Gasteiger partial charge on any atom is 0.319 e. The standard InChI is InChI=1S/C20H27N5O/c1-15(2)24-20(26)25-18-11-9-17(10-12-18)14-23-19(21-3)22-13-16-7-5-4-6-8-16/h4-12,15H,13-14H2,1-3H3,(H2,21,22,23)(H2,24,25,26). The van der Waals surface area contributed by atoms with Gasteiger partial charge in [-0.05, 0) is 37.1 Å². The summed E-state index contributed by atoms with van der Waals surface area (Å²) in [5, 5.41) is 12.2. The Morgan fingerprint density at radius 3 is 2.04 bits per heavy atom. The highest BCUT2D eigenvalue weighted by Crippen LogP contribution is 2.09. The number of carbonyl (C=O) groups excluding carboxylic acids is 1. The van der Waals surface area contributed by atoms with Crippen LogP contribution in [0.4, 0.5) is 10.5 Å². The fraction of sp³-hybridized carbons (Fsp3) is 0.300. The van der Waals surface area contributed by atoms with Crippen LogP contribution in [0, 0.1) is 0 Å². The van der Waals surface area contributed by atoms with Crippen LogP contribution in [0.1, 0.15) is 25.0 Å². The minimum absolute atomic E-state index is 0.105. The predicted molar refractivity (Wildman–Crippen MR) is 107 cm³/mol. The second-order valence-corrected chi connectivity index (χ2v) is 6.22. The highest BCUT2D eigenvalue weighted by Gasteiger charge is 2.03. The summed E-state index contributed by atoms with van der Waals surface area (Å²) >= 11 is 0. The van der Waals surface area contributed by atoms with Gasteiger partial charge in [-0.1, -0.05) is 42.5 Å². The molecule has 0 aliphatic carbocycles. The number of nitrogens with one attached hydrogen (secondary N) is 4. The number of rotatable bonds is 6. The van der Waals surface area contributed by atoms with Gasteiger partial charge in [-0.2, -0.15) is 0 Å². The molecule has 6 nitrogen and oxygen atoms in total. The van der Waals surface area contributed by atoms with E-state index in [9.17, 15) is 4.79 Å². The molecule has 0 fully saturated rings. The van der Waals surface area contributed by atoms with Crippen molar-refractivity contribution in [2.24, 2.45) is 4.99 Å². The van der Waals surface area contributed by atoms with Crippen LogP contribution in [-0.2, 0) is 13.1 Å². The van der Waals surface area contributed by atoms with Gasteiger partial charge in [-0.25, -0.2) is 4.79 Å². The predicted octanol–water partition coefficient (Wildman–Crippen LogP) is 3.08. The second kappa shape index (κ2) is 10.1. The van der Waals surface area contributed by atoms with E-state index in [1.165, 1.54) is 5.56 Å². The third kappa shape index (κ3) is 6.84. The Labute approximate surface area is 155 Å². The smallest absolute Gasteiger partial charge is 0.319 e. The van der Waals surface area contributed by atoms with Crippen LogP contribution in [0.5, 0.6) is 0 Å². The van der Waals surface area contributed by atoms with E-state index >= 15 is 0 Å². The summed E-state index contributed by atoms with van der Waals surface area (Å²) in [6.45, 7) is 5.21. The molecule has 0 spiro atoms. The van der Waals surface area contributed by atoms with Crippen molar-refractivity contribution >= 4 is 17.7 Å². The summed E-state index contributed by atoms with van der Waals surface area (Å²) in [5.74, 6) is 0.743. The van der Waals surface area contributed by atoms with Gasteiger partial charge in [0.05, 0.1) is 0 Å². The summed E-state index contributed by atoms with van der Waals surface area (Å²) in [6.07, 6.45) is 0. The van der Waals surface area contributed by atoms with E-state index in [2.05, 4.69) is 38.4 Å². The number of benzene rings is 2. The van der Waals surface area contributed by atoms with E-state index in [4.69, 9.17) is 0 Å². The van der Waals surface area contributed by atoms with Gasteiger partial charge in [0.2, 0.25) is 0 Å². The number of nitrogens with zero attached hydrogens (tertiary/aromatic N) is 1. The molecule has 0 heterocycles. The van der Waals surface area contributed by atoms with Crippen molar-refractivity contribution in [3.05, 3.63) is 65.7 Å². The minimum Gasteiger partial charge on any atom is -0.352 e. The van der Waals surface area contributed by atoms with E-state index in [0.29, 0.717) is 13.1 Å². The molecular weight excluding hydrogens is 326 g/mol. The van der Waals surface area contributed by atoms with Gasteiger partial charge in [-0.15, -0.1) is 0 Å². The van der Waals surface area contributed by atoms with Crippen LogP contribution in [-0.4, -0.2) is 25.1 Å². The van der Waals surface area contributed by atoms with Crippen LogP contribution in [0.2, 0.25) is 0 Å². The Balaban J connectivity index is 1.79. The minimum atomic E-state index is -0.198. The zero-order valence-electron chi connectivity index (χ0n) is 15.5. The van der Waals surface area contributed by atoms with Crippen molar-refractivity contribution in [1.29, 1.82) is 0 Å². The van der Waals surface area contributed by atoms with Crippen molar-refractivity contribution in [3.63, 3.8) is 0 Å². The van der Waals surface area contributed by atoms with Gasteiger partial charge in [0, 0.05) is 31.9 Å². The number of aliphatic imine (C=N–C) groups is 1. The normalized spacial score (nSPS) is 11.2. The lowest BCUT2D eigenvalue weighted by molar-refractivity contribution is 0.250. The largest absolute Gasteiger partial charge is 0.352 e. The third-order valence-electron chi connectivity index (χ3n) is 3.62. The average molecular weight is 353 g/mol. The SMILES string of the molecule is CN=C(NCc1ccccc1)NCc1ccc(NC(=O)NC(C)C)cc1.